The molecule has 160 valence electrons. The number of methoxy groups -OCH3 is 1. The Hall–Kier alpha value is -3.86. The van der Waals surface area contributed by atoms with Gasteiger partial charge in [-0.3, -0.25) is 14.2 Å². The number of ether oxygens (including phenoxy) is 1. The largest absolute Gasteiger partial charge is 0.497 e. The van der Waals surface area contributed by atoms with Crippen molar-refractivity contribution in [2.24, 2.45) is 0 Å². The lowest BCUT2D eigenvalue weighted by molar-refractivity contribution is 0.0792. The summed E-state index contributed by atoms with van der Waals surface area (Å²) in [6.07, 6.45) is 2.62. The van der Waals surface area contributed by atoms with E-state index in [2.05, 4.69) is 12.1 Å². The molecule has 5 rings (SSSR count). The Morgan fingerprint density at radius 2 is 1.59 bits per heavy atom. The lowest BCUT2D eigenvalue weighted by Crippen LogP contribution is -2.30. The second-order valence-corrected chi connectivity index (χ2v) is 8.11. The molecule has 1 aromatic heterocycles. The van der Waals surface area contributed by atoms with Crippen LogP contribution in [0.15, 0.2) is 89.9 Å². The quantitative estimate of drug-likeness (QED) is 0.480. The summed E-state index contributed by atoms with van der Waals surface area (Å²) in [6.45, 7) is 1.38. The van der Waals surface area contributed by atoms with Crippen LogP contribution in [0.5, 0.6) is 5.75 Å². The number of aromatic nitrogens is 1. The van der Waals surface area contributed by atoms with Crippen LogP contribution in [-0.2, 0) is 0 Å². The molecule has 0 spiro atoms. The molecule has 0 aliphatic carbocycles. The Morgan fingerprint density at radius 3 is 2.31 bits per heavy atom. The van der Waals surface area contributed by atoms with Crippen molar-refractivity contribution >= 4 is 16.7 Å². The number of carbonyl (C=O) groups is 1. The highest BCUT2D eigenvalue weighted by Gasteiger charge is 2.29. The minimum absolute atomic E-state index is 0.0399. The summed E-state index contributed by atoms with van der Waals surface area (Å²) < 4.78 is 6.79. The number of carbonyl (C=O) groups excluding carboxylic acids is 1. The van der Waals surface area contributed by atoms with Crippen LogP contribution in [0.25, 0.3) is 16.5 Å². The van der Waals surface area contributed by atoms with Gasteiger partial charge in [-0.25, -0.2) is 0 Å². The second kappa shape index (κ2) is 8.35. The molecule has 0 radical (unpaired) electrons. The summed E-state index contributed by atoms with van der Waals surface area (Å²) in [5.41, 5.74) is 2.35. The number of fused-ring (bicyclic) bond motifs is 1. The van der Waals surface area contributed by atoms with Gasteiger partial charge in [-0.05, 0) is 42.3 Å². The van der Waals surface area contributed by atoms with E-state index in [0.29, 0.717) is 46.8 Å². The molecule has 1 fully saturated rings. The Bertz CT molecular complexity index is 1330. The van der Waals surface area contributed by atoms with Crippen molar-refractivity contribution in [3.63, 3.8) is 0 Å². The Balaban J connectivity index is 1.55. The fourth-order valence-electron chi connectivity index (χ4n) is 4.51. The van der Waals surface area contributed by atoms with Crippen molar-refractivity contribution < 1.29 is 9.53 Å². The lowest BCUT2D eigenvalue weighted by atomic mass is 9.99. The van der Waals surface area contributed by atoms with Crippen LogP contribution < -0.4 is 10.3 Å². The predicted octanol–water partition coefficient (Wildman–Crippen LogP) is 4.63. The summed E-state index contributed by atoms with van der Waals surface area (Å²) in [6, 6.07) is 24.9. The normalized spacial score (nSPS) is 15.8. The van der Waals surface area contributed by atoms with Crippen LogP contribution in [0.1, 0.15) is 28.3 Å². The maximum absolute atomic E-state index is 13.6. The number of likely N-dealkylation sites (tertiary alicyclic amines) is 1. The number of nitrogens with zero attached hydrogens (tertiary/aromatic N) is 2. The number of hydrogen-bond donors (Lipinski definition) is 0. The third-order valence-corrected chi connectivity index (χ3v) is 6.25. The first kappa shape index (κ1) is 20.1. The summed E-state index contributed by atoms with van der Waals surface area (Å²) in [5, 5.41) is 1.23. The molecule has 4 aromatic rings. The third kappa shape index (κ3) is 3.56. The topological polar surface area (TPSA) is 51.5 Å². The summed E-state index contributed by atoms with van der Waals surface area (Å²) in [5.74, 6) is 1.00. The van der Waals surface area contributed by atoms with Crippen molar-refractivity contribution in [1.29, 1.82) is 0 Å². The summed E-state index contributed by atoms with van der Waals surface area (Å²) >= 11 is 0. The molecule has 0 saturated carbocycles. The van der Waals surface area contributed by atoms with Gasteiger partial charge < -0.3 is 9.64 Å². The van der Waals surface area contributed by atoms with E-state index in [-0.39, 0.29) is 11.5 Å². The number of rotatable bonds is 4. The Kier molecular flexibility index (Phi) is 5.23. The first-order valence-electron chi connectivity index (χ1n) is 10.8. The molecule has 1 atom stereocenters. The van der Waals surface area contributed by atoms with Crippen LogP contribution in [0.3, 0.4) is 0 Å². The molecule has 1 aliphatic rings. The van der Waals surface area contributed by atoms with Gasteiger partial charge in [-0.15, -0.1) is 0 Å². The van der Waals surface area contributed by atoms with Gasteiger partial charge in [0, 0.05) is 41.7 Å². The molecule has 5 nitrogen and oxygen atoms in total. The maximum atomic E-state index is 13.6. The molecular weight excluding hydrogens is 400 g/mol. The zero-order chi connectivity index (χ0) is 22.1. The smallest absolute Gasteiger partial charge is 0.262 e. The van der Waals surface area contributed by atoms with Crippen molar-refractivity contribution in [2.45, 2.75) is 12.3 Å². The monoisotopic (exact) mass is 424 g/mol. The average Bonchev–Trinajstić information content (AvgIpc) is 3.35. The highest BCUT2D eigenvalue weighted by Crippen LogP contribution is 2.29. The summed E-state index contributed by atoms with van der Waals surface area (Å²) in [4.78, 5) is 28.8. The number of amides is 1. The van der Waals surface area contributed by atoms with Gasteiger partial charge in [0.2, 0.25) is 0 Å². The minimum Gasteiger partial charge on any atom is -0.497 e. The molecule has 1 unspecified atom stereocenters. The predicted molar refractivity (Wildman–Crippen MR) is 126 cm³/mol. The number of pyridine rings is 1. The standard InChI is InChI=1S/C27H24N2O3/c1-32-22-13-11-21(12-14-22)29-18-25(23-9-5-6-10-24(23)27(29)31)26(30)28-16-15-20(17-28)19-7-3-2-4-8-19/h2-14,18,20H,15-17H2,1H3. The van der Waals surface area contributed by atoms with Crippen molar-refractivity contribution in [3.8, 4) is 11.4 Å². The summed E-state index contributed by atoms with van der Waals surface area (Å²) in [7, 11) is 1.60. The first-order valence-corrected chi connectivity index (χ1v) is 10.8. The van der Waals surface area contributed by atoms with E-state index in [1.807, 2.05) is 65.6 Å². The molecule has 1 aliphatic heterocycles. The molecular formula is C27H24N2O3. The molecule has 32 heavy (non-hydrogen) atoms. The highest BCUT2D eigenvalue weighted by atomic mass is 16.5. The van der Waals surface area contributed by atoms with Gasteiger partial charge in [-0.2, -0.15) is 0 Å². The minimum atomic E-state index is -0.147. The lowest BCUT2D eigenvalue weighted by Gasteiger charge is -2.19. The Labute approximate surface area is 186 Å². The van der Waals surface area contributed by atoms with Gasteiger partial charge in [0.25, 0.3) is 11.5 Å². The molecule has 2 heterocycles. The Morgan fingerprint density at radius 1 is 0.906 bits per heavy atom. The molecule has 1 amide bonds. The zero-order valence-corrected chi connectivity index (χ0v) is 17.9. The zero-order valence-electron chi connectivity index (χ0n) is 17.9. The number of hydrogen-bond acceptors (Lipinski definition) is 3. The van der Waals surface area contributed by atoms with Gasteiger partial charge in [-0.1, -0.05) is 48.5 Å². The number of benzene rings is 3. The van der Waals surface area contributed by atoms with Crippen molar-refractivity contribution in [3.05, 3.63) is 107 Å². The molecule has 0 N–H and O–H groups in total. The van der Waals surface area contributed by atoms with Gasteiger partial charge in [0.15, 0.2) is 0 Å². The van der Waals surface area contributed by atoms with E-state index < -0.39 is 0 Å². The van der Waals surface area contributed by atoms with E-state index in [4.69, 9.17) is 4.74 Å². The van der Waals surface area contributed by atoms with E-state index in [1.165, 1.54) is 5.56 Å². The van der Waals surface area contributed by atoms with Crippen molar-refractivity contribution in [1.82, 2.24) is 9.47 Å². The van der Waals surface area contributed by atoms with Gasteiger partial charge >= 0.3 is 0 Å². The second-order valence-electron chi connectivity index (χ2n) is 8.11. The SMILES string of the molecule is COc1ccc(-n2cc(C(=O)N3CCC(c4ccccc4)C3)c3ccccc3c2=O)cc1. The van der Waals surface area contributed by atoms with Crippen LogP contribution in [0, 0.1) is 0 Å². The van der Waals surface area contributed by atoms with E-state index >= 15 is 0 Å². The molecule has 3 aromatic carbocycles. The highest BCUT2D eigenvalue weighted by molar-refractivity contribution is 6.06. The molecule has 0 bridgehead atoms. The fraction of sp³-hybridized carbons (Fsp3) is 0.185. The van der Waals surface area contributed by atoms with Gasteiger partial charge in [0.05, 0.1) is 12.7 Å². The van der Waals surface area contributed by atoms with Gasteiger partial charge in [0.1, 0.15) is 5.75 Å². The van der Waals surface area contributed by atoms with Crippen LogP contribution in [0.4, 0.5) is 0 Å². The first-order chi connectivity index (χ1) is 15.7. The van der Waals surface area contributed by atoms with E-state index in [9.17, 15) is 9.59 Å². The fourth-order valence-corrected chi connectivity index (χ4v) is 4.51. The average molecular weight is 425 g/mol. The van der Waals surface area contributed by atoms with Crippen LogP contribution in [-0.4, -0.2) is 35.6 Å². The van der Waals surface area contributed by atoms with E-state index in [1.54, 1.807) is 23.9 Å². The molecule has 1 saturated heterocycles. The third-order valence-electron chi connectivity index (χ3n) is 6.25. The van der Waals surface area contributed by atoms with E-state index in [0.717, 1.165) is 6.42 Å². The maximum Gasteiger partial charge on any atom is 0.262 e. The van der Waals surface area contributed by atoms with Crippen LogP contribution >= 0.6 is 0 Å². The van der Waals surface area contributed by atoms with Crippen LogP contribution in [0.2, 0.25) is 0 Å². The van der Waals surface area contributed by atoms with Crippen molar-refractivity contribution in [2.75, 3.05) is 20.2 Å². The molecule has 5 heteroatoms.